The molecule has 1 aliphatic rings. The number of hydrogen-bond acceptors (Lipinski definition) is 2. The number of benzene rings is 2. The molecular weight excluding hydrogens is 228 g/mol. The number of hydroxylamine groups is 2. The Kier molecular flexibility index (Phi) is 2.86. The minimum Gasteiger partial charge on any atom is -0.305 e. The molecule has 0 atom stereocenters. The molecule has 1 heterocycles. The summed E-state index contributed by atoms with van der Waals surface area (Å²) < 4.78 is 0. The largest absolute Gasteiger partial charge is 0.345 e. The van der Waals surface area contributed by atoms with Crippen molar-refractivity contribution in [1.29, 1.82) is 0 Å². The number of nitrogens with one attached hydrogen (secondary N) is 1. The Bertz CT molecular complexity index is 572. The second kappa shape index (κ2) is 4.66. The van der Waals surface area contributed by atoms with Gasteiger partial charge in [-0.1, -0.05) is 36.4 Å². The van der Waals surface area contributed by atoms with Crippen molar-refractivity contribution in [2.24, 2.45) is 0 Å². The molecule has 0 radical (unpaired) electrons. The van der Waals surface area contributed by atoms with Crippen LogP contribution in [0.5, 0.6) is 0 Å². The van der Waals surface area contributed by atoms with Crippen molar-refractivity contribution in [3.63, 3.8) is 0 Å². The highest BCUT2D eigenvalue weighted by atomic mass is 16.7. The fraction of sp³-hybridized carbons (Fsp3) is 0.214. The average Bonchev–Trinajstić information content (AvgIpc) is 2.93. The molecule has 1 N–H and O–H groups in total. The molecule has 0 spiro atoms. The quantitative estimate of drug-likeness (QED) is 0.835. The van der Waals surface area contributed by atoms with Crippen LogP contribution in [0.15, 0.2) is 42.5 Å². The van der Waals surface area contributed by atoms with Crippen LogP contribution in [0.4, 0.5) is 10.5 Å². The van der Waals surface area contributed by atoms with Gasteiger partial charge in [0.05, 0.1) is 18.8 Å². The third-order valence-corrected chi connectivity index (χ3v) is 3.01. The van der Waals surface area contributed by atoms with E-state index in [0.717, 1.165) is 22.9 Å². The third-order valence-electron chi connectivity index (χ3n) is 3.01. The summed E-state index contributed by atoms with van der Waals surface area (Å²) >= 11 is 0. The normalized spacial score (nSPS) is 15.0. The molecule has 0 bridgehead atoms. The van der Waals surface area contributed by atoms with Gasteiger partial charge in [-0.2, -0.15) is 0 Å². The second-order valence-electron chi connectivity index (χ2n) is 4.25. The van der Waals surface area contributed by atoms with Crippen molar-refractivity contribution >= 4 is 22.5 Å². The summed E-state index contributed by atoms with van der Waals surface area (Å²) in [4.78, 5) is 17.2. The fourth-order valence-electron chi connectivity index (χ4n) is 2.12. The van der Waals surface area contributed by atoms with E-state index >= 15 is 0 Å². The number of fused-ring (bicyclic) bond motifs is 1. The SMILES string of the molecule is O=C(Nc1cccc2ccccc12)N1CCCO1. The Labute approximate surface area is 105 Å². The fourth-order valence-corrected chi connectivity index (χ4v) is 2.12. The number of nitrogens with zero attached hydrogens (tertiary/aromatic N) is 1. The zero-order chi connectivity index (χ0) is 12.4. The molecule has 2 aromatic carbocycles. The van der Waals surface area contributed by atoms with Gasteiger partial charge >= 0.3 is 6.03 Å². The van der Waals surface area contributed by atoms with Gasteiger partial charge in [-0.3, -0.25) is 4.84 Å². The van der Waals surface area contributed by atoms with Crippen LogP contribution in [0.2, 0.25) is 0 Å². The van der Waals surface area contributed by atoms with Gasteiger partial charge in [-0.15, -0.1) is 0 Å². The maximum absolute atomic E-state index is 11.9. The smallest absolute Gasteiger partial charge is 0.305 e. The van der Waals surface area contributed by atoms with Crippen molar-refractivity contribution in [1.82, 2.24) is 5.06 Å². The van der Waals surface area contributed by atoms with E-state index < -0.39 is 0 Å². The lowest BCUT2D eigenvalue weighted by atomic mass is 10.1. The first-order chi connectivity index (χ1) is 8.84. The lowest BCUT2D eigenvalue weighted by molar-refractivity contribution is -0.0614. The topological polar surface area (TPSA) is 41.6 Å². The first-order valence-corrected chi connectivity index (χ1v) is 6.04. The van der Waals surface area contributed by atoms with E-state index in [1.165, 1.54) is 5.06 Å². The number of hydrogen-bond donors (Lipinski definition) is 1. The van der Waals surface area contributed by atoms with Gasteiger partial charge in [0.2, 0.25) is 0 Å². The van der Waals surface area contributed by atoms with E-state index in [-0.39, 0.29) is 6.03 Å². The number of rotatable bonds is 1. The Balaban J connectivity index is 1.88. The number of urea groups is 1. The lowest BCUT2D eigenvalue weighted by Gasteiger charge is -2.15. The van der Waals surface area contributed by atoms with Crippen LogP contribution in [0.3, 0.4) is 0 Å². The molecule has 1 fully saturated rings. The third kappa shape index (κ3) is 2.02. The lowest BCUT2D eigenvalue weighted by Crippen LogP contribution is -2.31. The summed E-state index contributed by atoms with van der Waals surface area (Å²) in [6.45, 7) is 1.26. The molecule has 1 saturated heterocycles. The maximum Gasteiger partial charge on any atom is 0.345 e. The van der Waals surface area contributed by atoms with Crippen LogP contribution < -0.4 is 5.32 Å². The average molecular weight is 242 g/mol. The zero-order valence-corrected chi connectivity index (χ0v) is 9.93. The minimum absolute atomic E-state index is 0.205. The Morgan fingerprint density at radius 2 is 2.00 bits per heavy atom. The predicted octanol–water partition coefficient (Wildman–Crippen LogP) is 3.01. The van der Waals surface area contributed by atoms with Crippen LogP contribution in [-0.2, 0) is 4.84 Å². The molecule has 18 heavy (non-hydrogen) atoms. The minimum atomic E-state index is -0.205. The summed E-state index contributed by atoms with van der Waals surface area (Å²) in [5.41, 5.74) is 0.814. The van der Waals surface area contributed by atoms with Crippen LogP contribution in [0.25, 0.3) is 10.8 Å². The van der Waals surface area contributed by atoms with E-state index in [4.69, 9.17) is 4.84 Å². The predicted molar refractivity (Wildman–Crippen MR) is 70.2 cm³/mol. The molecule has 1 aliphatic heterocycles. The molecule has 2 aromatic rings. The summed E-state index contributed by atoms with van der Waals surface area (Å²) in [5, 5.41) is 6.41. The van der Waals surface area contributed by atoms with Crippen LogP contribution >= 0.6 is 0 Å². The molecular formula is C14H14N2O2. The van der Waals surface area contributed by atoms with E-state index in [9.17, 15) is 4.79 Å². The Morgan fingerprint density at radius 3 is 2.83 bits per heavy atom. The van der Waals surface area contributed by atoms with E-state index in [2.05, 4.69) is 5.32 Å². The number of carbonyl (C=O) groups is 1. The molecule has 2 amide bonds. The van der Waals surface area contributed by atoms with Crippen LogP contribution in [-0.4, -0.2) is 24.2 Å². The summed E-state index contributed by atoms with van der Waals surface area (Å²) in [6, 6.07) is 13.6. The molecule has 0 saturated carbocycles. The number of amides is 2. The number of carbonyl (C=O) groups excluding carboxylic acids is 1. The molecule has 92 valence electrons. The van der Waals surface area contributed by atoms with Crippen molar-refractivity contribution in [2.75, 3.05) is 18.5 Å². The van der Waals surface area contributed by atoms with Crippen molar-refractivity contribution < 1.29 is 9.63 Å². The zero-order valence-electron chi connectivity index (χ0n) is 9.93. The second-order valence-corrected chi connectivity index (χ2v) is 4.25. The Morgan fingerprint density at radius 1 is 1.17 bits per heavy atom. The summed E-state index contributed by atoms with van der Waals surface area (Å²) in [6.07, 6.45) is 0.892. The molecule has 0 unspecified atom stereocenters. The highest BCUT2D eigenvalue weighted by molar-refractivity contribution is 6.01. The Hall–Kier alpha value is -2.07. The molecule has 4 nitrogen and oxygen atoms in total. The first-order valence-electron chi connectivity index (χ1n) is 6.04. The molecule has 3 rings (SSSR count). The van der Waals surface area contributed by atoms with Gasteiger partial charge in [0, 0.05) is 5.39 Å². The molecule has 0 aliphatic carbocycles. The molecule has 4 heteroatoms. The van der Waals surface area contributed by atoms with Crippen LogP contribution in [0, 0.1) is 0 Å². The summed E-state index contributed by atoms with van der Waals surface area (Å²) in [5.74, 6) is 0. The van der Waals surface area contributed by atoms with E-state index in [1.807, 2.05) is 42.5 Å². The van der Waals surface area contributed by atoms with Crippen molar-refractivity contribution in [3.8, 4) is 0 Å². The van der Waals surface area contributed by atoms with Crippen LogP contribution in [0.1, 0.15) is 6.42 Å². The van der Waals surface area contributed by atoms with Gasteiger partial charge in [0.25, 0.3) is 0 Å². The van der Waals surface area contributed by atoms with Crippen molar-refractivity contribution in [2.45, 2.75) is 6.42 Å². The standard InChI is InChI=1S/C14H14N2O2/c17-14(16-9-4-10-18-16)15-13-8-3-6-11-5-1-2-7-12(11)13/h1-3,5-8H,4,9-10H2,(H,15,17). The van der Waals surface area contributed by atoms with E-state index in [1.54, 1.807) is 0 Å². The van der Waals surface area contributed by atoms with Gasteiger partial charge in [-0.25, -0.2) is 9.86 Å². The van der Waals surface area contributed by atoms with Gasteiger partial charge in [0.15, 0.2) is 0 Å². The van der Waals surface area contributed by atoms with E-state index in [0.29, 0.717) is 13.2 Å². The number of anilines is 1. The first kappa shape index (κ1) is 11.0. The van der Waals surface area contributed by atoms with Gasteiger partial charge < -0.3 is 5.32 Å². The highest BCUT2D eigenvalue weighted by Gasteiger charge is 2.19. The summed E-state index contributed by atoms with van der Waals surface area (Å²) in [7, 11) is 0. The monoisotopic (exact) mass is 242 g/mol. The highest BCUT2D eigenvalue weighted by Crippen LogP contribution is 2.23. The van der Waals surface area contributed by atoms with Crippen molar-refractivity contribution in [3.05, 3.63) is 42.5 Å². The maximum atomic E-state index is 11.9. The van der Waals surface area contributed by atoms with Gasteiger partial charge in [0.1, 0.15) is 0 Å². The van der Waals surface area contributed by atoms with Gasteiger partial charge in [-0.05, 0) is 17.9 Å². The molecule has 0 aromatic heterocycles.